The lowest BCUT2D eigenvalue weighted by Gasteiger charge is -2.19. The highest BCUT2D eigenvalue weighted by atomic mass is 16.5. The Labute approximate surface area is 148 Å². The van der Waals surface area contributed by atoms with Gasteiger partial charge in [0.25, 0.3) is 0 Å². The van der Waals surface area contributed by atoms with Crippen molar-refractivity contribution in [2.24, 2.45) is 5.92 Å². The molecule has 4 nitrogen and oxygen atoms in total. The second-order valence-corrected chi connectivity index (χ2v) is 6.94. The van der Waals surface area contributed by atoms with Crippen molar-refractivity contribution in [1.82, 2.24) is 0 Å². The number of esters is 1. The second kappa shape index (κ2) is 6.71. The van der Waals surface area contributed by atoms with E-state index in [-0.39, 0.29) is 18.3 Å². The molecule has 0 saturated carbocycles. The van der Waals surface area contributed by atoms with Crippen LogP contribution < -0.4 is 9.64 Å². The molecule has 1 aliphatic heterocycles. The molecule has 0 aromatic heterocycles. The Morgan fingerprint density at radius 1 is 1.00 bits per heavy atom. The number of rotatable bonds is 3. The van der Waals surface area contributed by atoms with Crippen molar-refractivity contribution in [3.8, 4) is 5.75 Å². The predicted octanol–water partition coefficient (Wildman–Crippen LogP) is 3.88. The third kappa shape index (κ3) is 3.73. The first-order chi connectivity index (χ1) is 11.8. The molecule has 0 unspecified atom stereocenters. The fourth-order valence-corrected chi connectivity index (χ4v) is 3.40. The third-order valence-corrected chi connectivity index (χ3v) is 4.52. The second-order valence-electron chi connectivity index (χ2n) is 6.94. The summed E-state index contributed by atoms with van der Waals surface area (Å²) in [6.45, 7) is 8.30. The van der Waals surface area contributed by atoms with Gasteiger partial charge >= 0.3 is 5.97 Å². The van der Waals surface area contributed by atoms with Crippen LogP contribution in [0.25, 0.3) is 0 Å². The third-order valence-electron chi connectivity index (χ3n) is 4.52. The van der Waals surface area contributed by atoms with Crippen LogP contribution in [0.5, 0.6) is 5.75 Å². The summed E-state index contributed by atoms with van der Waals surface area (Å²) in [6.07, 6.45) is 0.191. The summed E-state index contributed by atoms with van der Waals surface area (Å²) in [4.78, 5) is 26.6. The van der Waals surface area contributed by atoms with Gasteiger partial charge in [0.2, 0.25) is 5.91 Å². The number of carbonyl (C=O) groups excluding carboxylic acids is 2. The Balaban J connectivity index is 1.74. The van der Waals surface area contributed by atoms with Crippen LogP contribution in [0.15, 0.2) is 36.4 Å². The van der Waals surface area contributed by atoms with E-state index in [9.17, 15) is 9.59 Å². The fourth-order valence-electron chi connectivity index (χ4n) is 3.40. The van der Waals surface area contributed by atoms with Crippen LogP contribution in [0.3, 0.4) is 0 Å². The Morgan fingerprint density at radius 3 is 2.32 bits per heavy atom. The maximum absolute atomic E-state index is 12.5. The lowest BCUT2D eigenvalue weighted by atomic mass is 10.1. The molecule has 1 aliphatic rings. The van der Waals surface area contributed by atoms with Gasteiger partial charge in [-0.05, 0) is 62.6 Å². The van der Waals surface area contributed by atoms with Crippen LogP contribution in [-0.4, -0.2) is 18.4 Å². The van der Waals surface area contributed by atoms with Gasteiger partial charge in [-0.3, -0.25) is 9.59 Å². The summed E-state index contributed by atoms with van der Waals surface area (Å²) in [7, 11) is 0. The fraction of sp³-hybridized carbons (Fsp3) is 0.333. The monoisotopic (exact) mass is 337 g/mol. The van der Waals surface area contributed by atoms with Crippen LogP contribution in [-0.2, 0) is 9.59 Å². The van der Waals surface area contributed by atoms with E-state index in [1.54, 1.807) is 4.90 Å². The van der Waals surface area contributed by atoms with Gasteiger partial charge in [-0.15, -0.1) is 0 Å². The SMILES string of the molecule is Cc1cc(C)cc(OC(=O)[C@H]2CC(=O)N(c3ccc(C)cc3C)C2)c1. The van der Waals surface area contributed by atoms with Crippen molar-refractivity contribution < 1.29 is 14.3 Å². The molecule has 1 amide bonds. The zero-order valence-electron chi connectivity index (χ0n) is 15.1. The summed E-state index contributed by atoms with van der Waals surface area (Å²) >= 11 is 0. The zero-order chi connectivity index (χ0) is 18.1. The Bertz CT molecular complexity index is 821. The first-order valence-corrected chi connectivity index (χ1v) is 8.51. The molecule has 1 atom stereocenters. The molecule has 0 N–H and O–H groups in total. The van der Waals surface area contributed by atoms with Crippen molar-refractivity contribution in [3.05, 3.63) is 58.7 Å². The minimum atomic E-state index is -0.436. The van der Waals surface area contributed by atoms with E-state index in [1.165, 1.54) is 0 Å². The van der Waals surface area contributed by atoms with Crippen molar-refractivity contribution in [2.75, 3.05) is 11.4 Å². The highest BCUT2D eigenvalue weighted by molar-refractivity contribution is 6.00. The molecule has 25 heavy (non-hydrogen) atoms. The largest absolute Gasteiger partial charge is 0.426 e. The van der Waals surface area contributed by atoms with Crippen LogP contribution in [0.1, 0.15) is 28.7 Å². The summed E-state index contributed by atoms with van der Waals surface area (Å²) in [5.41, 5.74) is 5.15. The number of carbonyl (C=O) groups is 2. The minimum absolute atomic E-state index is 0.0330. The van der Waals surface area contributed by atoms with Gasteiger partial charge < -0.3 is 9.64 Å². The van der Waals surface area contributed by atoms with Crippen molar-refractivity contribution in [1.29, 1.82) is 0 Å². The van der Waals surface area contributed by atoms with Gasteiger partial charge in [-0.25, -0.2) is 0 Å². The normalized spacial score (nSPS) is 17.0. The van der Waals surface area contributed by atoms with Crippen molar-refractivity contribution >= 4 is 17.6 Å². The number of amides is 1. The average molecular weight is 337 g/mol. The lowest BCUT2D eigenvalue weighted by molar-refractivity contribution is -0.139. The molecule has 130 valence electrons. The number of benzene rings is 2. The molecular weight excluding hydrogens is 314 g/mol. The quantitative estimate of drug-likeness (QED) is 0.631. The number of hydrogen-bond acceptors (Lipinski definition) is 3. The number of ether oxygens (including phenoxy) is 1. The Hall–Kier alpha value is -2.62. The smallest absolute Gasteiger partial charge is 0.316 e. The van der Waals surface area contributed by atoms with E-state index in [2.05, 4.69) is 0 Å². The summed E-state index contributed by atoms with van der Waals surface area (Å²) in [6, 6.07) is 11.7. The molecule has 0 radical (unpaired) electrons. The maximum Gasteiger partial charge on any atom is 0.316 e. The molecular formula is C21H23NO3. The average Bonchev–Trinajstić information content (AvgIpc) is 2.88. The van der Waals surface area contributed by atoms with Gasteiger partial charge in [-0.2, -0.15) is 0 Å². The van der Waals surface area contributed by atoms with Crippen molar-refractivity contribution in [2.45, 2.75) is 34.1 Å². The van der Waals surface area contributed by atoms with Crippen molar-refractivity contribution in [3.63, 3.8) is 0 Å². The van der Waals surface area contributed by atoms with Crippen LogP contribution in [0, 0.1) is 33.6 Å². The number of nitrogens with zero attached hydrogens (tertiary/aromatic N) is 1. The van der Waals surface area contributed by atoms with Gasteiger partial charge in [0.15, 0.2) is 0 Å². The van der Waals surface area contributed by atoms with Gasteiger partial charge in [0.05, 0.1) is 5.92 Å². The molecule has 1 heterocycles. The van der Waals surface area contributed by atoms with Crippen LogP contribution >= 0.6 is 0 Å². The molecule has 2 aromatic carbocycles. The summed E-state index contributed by atoms with van der Waals surface area (Å²) in [5, 5.41) is 0. The zero-order valence-corrected chi connectivity index (χ0v) is 15.1. The van der Waals surface area contributed by atoms with E-state index in [0.717, 1.165) is 27.9 Å². The summed E-state index contributed by atoms with van der Waals surface area (Å²) in [5.74, 6) is -0.270. The van der Waals surface area contributed by atoms with Crippen LogP contribution in [0.4, 0.5) is 5.69 Å². The van der Waals surface area contributed by atoms with E-state index < -0.39 is 5.92 Å². The molecule has 1 fully saturated rings. The van der Waals surface area contributed by atoms with Crippen LogP contribution in [0.2, 0.25) is 0 Å². The highest BCUT2D eigenvalue weighted by Gasteiger charge is 2.36. The van der Waals surface area contributed by atoms with Gasteiger partial charge in [0, 0.05) is 18.7 Å². The number of hydrogen-bond donors (Lipinski definition) is 0. The van der Waals surface area contributed by atoms with Gasteiger partial charge in [0.1, 0.15) is 5.75 Å². The predicted molar refractivity (Wildman–Crippen MR) is 97.9 cm³/mol. The molecule has 0 bridgehead atoms. The Morgan fingerprint density at radius 2 is 1.68 bits per heavy atom. The van der Waals surface area contributed by atoms with E-state index in [0.29, 0.717) is 12.3 Å². The van der Waals surface area contributed by atoms with E-state index >= 15 is 0 Å². The maximum atomic E-state index is 12.5. The molecule has 0 spiro atoms. The molecule has 4 heteroatoms. The molecule has 3 rings (SSSR count). The van der Waals surface area contributed by atoms with Gasteiger partial charge in [-0.1, -0.05) is 23.8 Å². The minimum Gasteiger partial charge on any atom is -0.426 e. The number of anilines is 1. The van der Waals surface area contributed by atoms with E-state index in [4.69, 9.17) is 4.74 Å². The number of aryl methyl sites for hydroxylation is 4. The Kier molecular flexibility index (Phi) is 4.62. The molecule has 0 aliphatic carbocycles. The first kappa shape index (κ1) is 17.2. The van der Waals surface area contributed by atoms with E-state index in [1.807, 2.05) is 64.1 Å². The molecule has 2 aromatic rings. The lowest BCUT2D eigenvalue weighted by Crippen LogP contribution is -2.27. The molecule has 1 saturated heterocycles. The topological polar surface area (TPSA) is 46.6 Å². The highest BCUT2D eigenvalue weighted by Crippen LogP contribution is 2.29. The first-order valence-electron chi connectivity index (χ1n) is 8.51. The standard InChI is InChI=1S/C21H23NO3/c1-13-5-6-19(16(4)8-13)22-12-17(11-20(22)23)21(24)25-18-9-14(2)7-15(3)10-18/h5-10,17H,11-12H2,1-4H3/t17-/m0/s1. The summed E-state index contributed by atoms with van der Waals surface area (Å²) < 4.78 is 5.52.